The summed E-state index contributed by atoms with van der Waals surface area (Å²) in [6, 6.07) is 7.25. The first-order valence-corrected chi connectivity index (χ1v) is 9.72. The summed E-state index contributed by atoms with van der Waals surface area (Å²) < 4.78 is 0.946. The molecule has 132 valence electrons. The molecule has 0 spiro atoms. The number of Topliss-reactive ketones (excluding diaryl/α,β-unsaturated/α-hetero) is 1. The molecule has 1 aromatic carbocycles. The van der Waals surface area contributed by atoms with E-state index in [9.17, 15) is 9.59 Å². The molecule has 1 heterocycles. The number of nitrogens with one attached hydrogen (secondary N) is 1. The van der Waals surface area contributed by atoms with Crippen LogP contribution >= 0.6 is 15.9 Å². The lowest BCUT2D eigenvalue weighted by molar-refractivity contribution is -0.121. The molecule has 5 heteroatoms. The highest BCUT2D eigenvalue weighted by molar-refractivity contribution is 9.10. The lowest BCUT2D eigenvalue weighted by Gasteiger charge is -2.19. The van der Waals surface area contributed by atoms with Gasteiger partial charge in [-0.2, -0.15) is 0 Å². The first-order valence-electron chi connectivity index (χ1n) is 8.93. The van der Waals surface area contributed by atoms with Gasteiger partial charge in [0.25, 0.3) is 0 Å². The van der Waals surface area contributed by atoms with E-state index in [-0.39, 0.29) is 24.5 Å². The molecule has 0 unspecified atom stereocenters. The molecule has 1 amide bonds. The molecule has 1 aromatic rings. The smallest absolute Gasteiger partial charge is 0.220 e. The minimum absolute atomic E-state index is 0.0159. The van der Waals surface area contributed by atoms with E-state index in [1.165, 1.54) is 38.8 Å². The fraction of sp³-hybridized carbons (Fsp3) is 0.579. The normalized spacial score (nSPS) is 15.7. The summed E-state index contributed by atoms with van der Waals surface area (Å²) >= 11 is 3.35. The average Bonchev–Trinajstić information content (AvgIpc) is 2.86. The first-order chi connectivity index (χ1) is 11.6. The van der Waals surface area contributed by atoms with E-state index >= 15 is 0 Å². The second kappa shape index (κ2) is 10.6. The van der Waals surface area contributed by atoms with Crippen molar-refractivity contribution in [2.45, 2.75) is 44.9 Å². The fourth-order valence-corrected chi connectivity index (χ4v) is 3.25. The third kappa shape index (κ3) is 7.14. The molecule has 1 aliphatic rings. The van der Waals surface area contributed by atoms with Crippen LogP contribution in [0, 0.1) is 0 Å². The fourth-order valence-electron chi connectivity index (χ4n) is 2.99. The number of halogens is 1. The van der Waals surface area contributed by atoms with Crippen LogP contribution in [0.5, 0.6) is 0 Å². The Morgan fingerprint density at radius 3 is 2.33 bits per heavy atom. The monoisotopic (exact) mass is 394 g/mol. The van der Waals surface area contributed by atoms with E-state index in [0.29, 0.717) is 12.1 Å². The van der Waals surface area contributed by atoms with Gasteiger partial charge in [-0.15, -0.1) is 0 Å². The van der Waals surface area contributed by atoms with Gasteiger partial charge in [0.2, 0.25) is 5.91 Å². The Labute approximate surface area is 153 Å². The molecule has 2 rings (SSSR count). The van der Waals surface area contributed by atoms with E-state index in [1.807, 2.05) is 12.1 Å². The van der Waals surface area contributed by atoms with Crippen molar-refractivity contribution in [1.29, 1.82) is 0 Å². The van der Waals surface area contributed by atoms with Crippen molar-refractivity contribution < 1.29 is 9.59 Å². The van der Waals surface area contributed by atoms with Gasteiger partial charge in [0.15, 0.2) is 5.78 Å². The van der Waals surface area contributed by atoms with Crippen molar-refractivity contribution in [1.82, 2.24) is 10.2 Å². The number of amides is 1. The van der Waals surface area contributed by atoms with Crippen LogP contribution in [0.1, 0.15) is 55.3 Å². The summed E-state index contributed by atoms with van der Waals surface area (Å²) in [7, 11) is 0. The first kappa shape index (κ1) is 19.1. The van der Waals surface area contributed by atoms with Crippen LogP contribution in [-0.4, -0.2) is 42.8 Å². The Morgan fingerprint density at radius 1 is 1.00 bits per heavy atom. The Kier molecular flexibility index (Phi) is 8.47. The van der Waals surface area contributed by atoms with Gasteiger partial charge in [-0.1, -0.05) is 40.9 Å². The average molecular weight is 395 g/mol. The number of hydrogen-bond acceptors (Lipinski definition) is 3. The summed E-state index contributed by atoms with van der Waals surface area (Å²) in [5, 5.41) is 2.93. The summed E-state index contributed by atoms with van der Waals surface area (Å²) in [4.78, 5) is 26.4. The van der Waals surface area contributed by atoms with Crippen molar-refractivity contribution in [3.63, 3.8) is 0 Å². The number of benzene rings is 1. The second-order valence-electron chi connectivity index (χ2n) is 6.39. The Bertz CT molecular complexity index is 523. The van der Waals surface area contributed by atoms with Gasteiger partial charge in [0.1, 0.15) is 0 Å². The van der Waals surface area contributed by atoms with Crippen LogP contribution in [-0.2, 0) is 4.79 Å². The maximum atomic E-state index is 12.0. The third-order valence-electron chi connectivity index (χ3n) is 4.42. The van der Waals surface area contributed by atoms with Gasteiger partial charge in [-0.05, 0) is 51.0 Å². The van der Waals surface area contributed by atoms with Gasteiger partial charge in [-0.25, -0.2) is 0 Å². The lowest BCUT2D eigenvalue weighted by atomic mass is 10.1. The van der Waals surface area contributed by atoms with Gasteiger partial charge in [0, 0.05) is 29.4 Å². The molecule has 1 aliphatic heterocycles. The molecule has 0 atom stereocenters. The van der Waals surface area contributed by atoms with Crippen LogP contribution < -0.4 is 5.32 Å². The molecule has 0 aromatic heterocycles. The van der Waals surface area contributed by atoms with E-state index < -0.39 is 0 Å². The SMILES string of the molecule is O=C(CCC(=O)c1ccc(Br)cc1)NCCCN1CCCCCC1. The number of likely N-dealkylation sites (tertiary alicyclic amines) is 1. The Morgan fingerprint density at radius 2 is 1.67 bits per heavy atom. The lowest BCUT2D eigenvalue weighted by Crippen LogP contribution is -2.30. The molecule has 0 aliphatic carbocycles. The van der Waals surface area contributed by atoms with Crippen LogP contribution in [0.3, 0.4) is 0 Å². The molecular weight excluding hydrogens is 368 g/mol. The number of rotatable bonds is 8. The summed E-state index contributed by atoms with van der Waals surface area (Å²) in [6.45, 7) is 4.13. The van der Waals surface area contributed by atoms with Gasteiger partial charge >= 0.3 is 0 Å². The van der Waals surface area contributed by atoms with Crippen LogP contribution in [0.25, 0.3) is 0 Å². The highest BCUT2D eigenvalue weighted by Crippen LogP contribution is 2.12. The van der Waals surface area contributed by atoms with Crippen LogP contribution in [0.4, 0.5) is 0 Å². The number of nitrogens with zero attached hydrogens (tertiary/aromatic N) is 1. The predicted molar refractivity (Wildman–Crippen MR) is 100 cm³/mol. The van der Waals surface area contributed by atoms with Crippen molar-refractivity contribution >= 4 is 27.6 Å². The summed E-state index contributed by atoms with van der Waals surface area (Å²) in [6.07, 6.45) is 6.79. The van der Waals surface area contributed by atoms with Crippen molar-refractivity contribution in [2.75, 3.05) is 26.2 Å². The molecule has 0 saturated carbocycles. The largest absolute Gasteiger partial charge is 0.356 e. The molecule has 1 N–H and O–H groups in total. The Hall–Kier alpha value is -1.20. The minimum atomic E-state index is -0.0312. The Balaban J connectivity index is 1.57. The molecule has 4 nitrogen and oxygen atoms in total. The molecule has 0 bridgehead atoms. The number of carbonyl (C=O) groups excluding carboxylic acids is 2. The minimum Gasteiger partial charge on any atom is -0.356 e. The van der Waals surface area contributed by atoms with Crippen molar-refractivity contribution in [3.8, 4) is 0 Å². The zero-order chi connectivity index (χ0) is 17.2. The molecule has 0 radical (unpaired) electrons. The van der Waals surface area contributed by atoms with Crippen molar-refractivity contribution in [3.05, 3.63) is 34.3 Å². The maximum absolute atomic E-state index is 12.0. The maximum Gasteiger partial charge on any atom is 0.220 e. The molecule has 1 fully saturated rings. The molecule has 1 saturated heterocycles. The van der Waals surface area contributed by atoms with Gasteiger partial charge in [-0.3, -0.25) is 9.59 Å². The van der Waals surface area contributed by atoms with Crippen LogP contribution in [0.2, 0.25) is 0 Å². The predicted octanol–water partition coefficient (Wildman–Crippen LogP) is 3.79. The zero-order valence-electron chi connectivity index (χ0n) is 14.2. The summed E-state index contributed by atoms with van der Waals surface area (Å²) in [5.41, 5.74) is 0.659. The third-order valence-corrected chi connectivity index (χ3v) is 4.95. The number of ketones is 1. The molecular formula is C19H27BrN2O2. The van der Waals surface area contributed by atoms with Crippen molar-refractivity contribution in [2.24, 2.45) is 0 Å². The topological polar surface area (TPSA) is 49.4 Å². The zero-order valence-corrected chi connectivity index (χ0v) is 15.8. The highest BCUT2D eigenvalue weighted by Gasteiger charge is 2.10. The van der Waals surface area contributed by atoms with E-state index in [2.05, 4.69) is 26.1 Å². The van der Waals surface area contributed by atoms with Gasteiger partial charge < -0.3 is 10.2 Å². The highest BCUT2D eigenvalue weighted by atomic mass is 79.9. The second-order valence-corrected chi connectivity index (χ2v) is 7.31. The van der Waals surface area contributed by atoms with Crippen LogP contribution in [0.15, 0.2) is 28.7 Å². The quantitative estimate of drug-likeness (QED) is 0.538. The number of carbonyl (C=O) groups is 2. The standard InChI is InChI=1S/C19H27BrN2O2/c20-17-8-6-16(7-9-17)18(23)10-11-19(24)21-12-5-15-22-13-3-1-2-4-14-22/h6-9H,1-5,10-15H2,(H,21,24). The van der Waals surface area contributed by atoms with Gasteiger partial charge in [0.05, 0.1) is 0 Å². The van der Waals surface area contributed by atoms with E-state index in [4.69, 9.17) is 0 Å². The summed E-state index contributed by atoms with van der Waals surface area (Å²) in [5.74, 6) is -0.0152. The van der Waals surface area contributed by atoms with E-state index in [0.717, 1.165) is 17.4 Å². The van der Waals surface area contributed by atoms with E-state index in [1.54, 1.807) is 12.1 Å². The number of hydrogen-bond donors (Lipinski definition) is 1. The molecule has 24 heavy (non-hydrogen) atoms.